The molecule has 2 rings (SSSR count). The fraction of sp³-hybridized carbons (Fsp3) is 0.250. The minimum Gasteiger partial charge on any atom is -0.494 e. The van der Waals surface area contributed by atoms with Gasteiger partial charge in [0.05, 0.1) is 6.61 Å². The topological polar surface area (TPSA) is 38.7 Å². The smallest absolute Gasteiger partial charge is 0.244 e. The summed E-state index contributed by atoms with van der Waals surface area (Å²) < 4.78 is 6.30. The van der Waals surface area contributed by atoms with E-state index in [0.717, 1.165) is 27.0 Å². The van der Waals surface area contributed by atoms with Gasteiger partial charge in [-0.1, -0.05) is 23.9 Å². The van der Waals surface area contributed by atoms with Gasteiger partial charge in [0.2, 0.25) is 5.12 Å². The molecule has 0 atom stereocenters. The quantitative estimate of drug-likeness (QED) is 0.600. The number of hydrogen-bond acceptors (Lipinski definition) is 5. The summed E-state index contributed by atoms with van der Waals surface area (Å²) in [4.78, 5) is 16.3. The predicted octanol–water partition coefficient (Wildman–Crippen LogP) is 4.28. The normalized spacial score (nSPS) is 16.2. The Balaban J connectivity index is 2.19. The van der Waals surface area contributed by atoms with E-state index in [1.54, 1.807) is 6.08 Å². The summed E-state index contributed by atoms with van der Waals surface area (Å²) in [5, 5.41) is -0.00639. The van der Waals surface area contributed by atoms with Gasteiger partial charge >= 0.3 is 0 Å². The van der Waals surface area contributed by atoms with Crippen molar-refractivity contribution in [1.29, 1.82) is 0 Å². The van der Waals surface area contributed by atoms with Gasteiger partial charge in [-0.3, -0.25) is 4.79 Å². The van der Waals surface area contributed by atoms with Crippen LogP contribution in [0.3, 0.4) is 0 Å². The number of carbonyl (C=O) groups excluding carboxylic acids is 1. The first-order valence-electron chi connectivity index (χ1n) is 6.63. The molecule has 0 amide bonds. The standard InChI is InChI=1S/C16H17NO2S2/c1-4-8-20-16-17-13(15(18)21-16)10-12-6-7-14(19-5-2)11(3)9-12/h4,6-7,9-10H,1,5,8H2,2-3H3. The maximum absolute atomic E-state index is 11.9. The second-order valence-corrected chi connectivity index (χ2v) is 6.58. The van der Waals surface area contributed by atoms with Crippen molar-refractivity contribution in [3.8, 4) is 5.75 Å². The van der Waals surface area contributed by atoms with Crippen molar-refractivity contribution >= 4 is 39.1 Å². The first-order valence-corrected chi connectivity index (χ1v) is 8.44. The highest BCUT2D eigenvalue weighted by molar-refractivity contribution is 8.45. The van der Waals surface area contributed by atoms with Crippen molar-refractivity contribution in [2.75, 3.05) is 12.4 Å². The molecule has 0 saturated carbocycles. The van der Waals surface area contributed by atoms with Crippen molar-refractivity contribution in [3.63, 3.8) is 0 Å². The predicted molar refractivity (Wildman–Crippen MR) is 93.0 cm³/mol. The van der Waals surface area contributed by atoms with Gasteiger partial charge in [0, 0.05) is 5.75 Å². The summed E-state index contributed by atoms with van der Waals surface area (Å²) in [6.07, 6.45) is 3.62. The van der Waals surface area contributed by atoms with Gasteiger partial charge in [-0.2, -0.15) is 0 Å². The Labute approximate surface area is 133 Å². The van der Waals surface area contributed by atoms with E-state index in [-0.39, 0.29) is 5.12 Å². The van der Waals surface area contributed by atoms with Crippen molar-refractivity contribution < 1.29 is 9.53 Å². The van der Waals surface area contributed by atoms with Gasteiger partial charge in [0.25, 0.3) is 0 Å². The molecule has 0 fully saturated rings. The molecule has 0 aliphatic carbocycles. The molecule has 3 nitrogen and oxygen atoms in total. The second kappa shape index (κ2) is 7.52. The summed E-state index contributed by atoms with van der Waals surface area (Å²) in [5.41, 5.74) is 2.50. The van der Waals surface area contributed by atoms with Gasteiger partial charge in [0.15, 0.2) is 0 Å². The second-order valence-electron chi connectivity index (χ2n) is 4.35. The molecule has 0 N–H and O–H groups in total. The largest absolute Gasteiger partial charge is 0.494 e. The third-order valence-electron chi connectivity index (χ3n) is 2.73. The Morgan fingerprint density at radius 1 is 1.48 bits per heavy atom. The van der Waals surface area contributed by atoms with Crippen LogP contribution in [0.5, 0.6) is 5.75 Å². The monoisotopic (exact) mass is 319 g/mol. The molecular weight excluding hydrogens is 302 g/mol. The van der Waals surface area contributed by atoms with E-state index in [1.165, 1.54) is 23.5 Å². The molecule has 1 aliphatic heterocycles. The summed E-state index contributed by atoms with van der Waals surface area (Å²) in [5.74, 6) is 1.63. The first kappa shape index (κ1) is 15.9. The number of benzene rings is 1. The molecule has 21 heavy (non-hydrogen) atoms. The van der Waals surface area contributed by atoms with E-state index in [4.69, 9.17) is 4.74 Å². The zero-order valence-corrected chi connectivity index (χ0v) is 13.7. The van der Waals surface area contributed by atoms with E-state index in [2.05, 4.69) is 11.6 Å². The Hall–Kier alpha value is -1.46. The van der Waals surface area contributed by atoms with Crippen LogP contribution in [0.4, 0.5) is 0 Å². The zero-order chi connectivity index (χ0) is 15.2. The van der Waals surface area contributed by atoms with E-state index in [9.17, 15) is 4.79 Å². The summed E-state index contributed by atoms with van der Waals surface area (Å²) in [6.45, 7) is 8.26. The van der Waals surface area contributed by atoms with E-state index >= 15 is 0 Å². The van der Waals surface area contributed by atoms with E-state index < -0.39 is 0 Å². The number of aryl methyl sites for hydroxylation is 1. The van der Waals surface area contributed by atoms with E-state index in [0.29, 0.717) is 12.3 Å². The highest BCUT2D eigenvalue weighted by Crippen LogP contribution is 2.31. The van der Waals surface area contributed by atoms with Crippen molar-refractivity contribution in [2.24, 2.45) is 4.99 Å². The lowest BCUT2D eigenvalue weighted by Gasteiger charge is -2.07. The highest BCUT2D eigenvalue weighted by Gasteiger charge is 2.22. The third-order valence-corrected chi connectivity index (χ3v) is 4.73. The van der Waals surface area contributed by atoms with Gasteiger partial charge < -0.3 is 4.74 Å². The molecule has 0 spiro atoms. The van der Waals surface area contributed by atoms with Crippen LogP contribution >= 0.6 is 23.5 Å². The van der Waals surface area contributed by atoms with Crippen LogP contribution in [0.25, 0.3) is 6.08 Å². The number of hydrogen-bond donors (Lipinski definition) is 0. The molecule has 5 heteroatoms. The molecule has 0 unspecified atom stereocenters. The van der Waals surface area contributed by atoms with Crippen LogP contribution in [-0.2, 0) is 4.79 Å². The number of rotatable bonds is 5. The average Bonchev–Trinajstić information content (AvgIpc) is 2.80. The number of aliphatic imine (C=N–C) groups is 1. The lowest BCUT2D eigenvalue weighted by Crippen LogP contribution is -1.94. The Morgan fingerprint density at radius 2 is 2.29 bits per heavy atom. The molecule has 0 aromatic heterocycles. The zero-order valence-electron chi connectivity index (χ0n) is 12.1. The summed E-state index contributed by atoms with van der Waals surface area (Å²) in [7, 11) is 0. The molecule has 1 aromatic carbocycles. The number of nitrogens with zero attached hydrogens (tertiary/aromatic N) is 1. The Morgan fingerprint density at radius 3 is 2.95 bits per heavy atom. The molecule has 0 radical (unpaired) electrons. The molecule has 110 valence electrons. The van der Waals surface area contributed by atoms with Gasteiger partial charge in [0.1, 0.15) is 15.8 Å². The van der Waals surface area contributed by atoms with Crippen molar-refractivity contribution in [1.82, 2.24) is 0 Å². The molecule has 0 saturated heterocycles. The van der Waals surface area contributed by atoms with Crippen LogP contribution in [0, 0.1) is 6.92 Å². The van der Waals surface area contributed by atoms with Crippen LogP contribution in [0.2, 0.25) is 0 Å². The van der Waals surface area contributed by atoms with Crippen LogP contribution < -0.4 is 4.74 Å². The lowest BCUT2D eigenvalue weighted by molar-refractivity contribution is -0.107. The van der Waals surface area contributed by atoms with Crippen LogP contribution in [0.15, 0.2) is 41.5 Å². The lowest BCUT2D eigenvalue weighted by atomic mass is 10.1. The van der Waals surface area contributed by atoms with E-state index in [1.807, 2.05) is 38.1 Å². The average molecular weight is 319 g/mol. The molecule has 1 aromatic rings. The fourth-order valence-electron chi connectivity index (χ4n) is 1.82. The summed E-state index contributed by atoms with van der Waals surface area (Å²) in [6, 6.07) is 5.86. The third kappa shape index (κ3) is 4.25. The number of ether oxygens (including phenoxy) is 1. The summed E-state index contributed by atoms with van der Waals surface area (Å²) >= 11 is 2.71. The minimum atomic E-state index is -0.00639. The number of thioether (sulfide) groups is 2. The van der Waals surface area contributed by atoms with Crippen LogP contribution in [0.1, 0.15) is 18.1 Å². The highest BCUT2D eigenvalue weighted by atomic mass is 32.2. The maximum atomic E-state index is 11.9. The first-order chi connectivity index (χ1) is 10.1. The minimum absolute atomic E-state index is 0.00639. The number of carbonyl (C=O) groups is 1. The fourth-order valence-corrected chi connectivity index (χ4v) is 3.42. The SMILES string of the molecule is C=CCSC1=NC(=Cc2ccc(OCC)c(C)c2)C(=O)S1. The van der Waals surface area contributed by atoms with Crippen LogP contribution in [-0.4, -0.2) is 21.9 Å². The van der Waals surface area contributed by atoms with Gasteiger partial charge in [-0.05, 0) is 54.9 Å². The molecular formula is C16H17NO2S2. The molecule has 0 bridgehead atoms. The van der Waals surface area contributed by atoms with Gasteiger partial charge in [-0.15, -0.1) is 6.58 Å². The van der Waals surface area contributed by atoms with Gasteiger partial charge in [-0.25, -0.2) is 4.99 Å². The van der Waals surface area contributed by atoms with Crippen molar-refractivity contribution in [3.05, 3.63) is 47.7 Å². The van der Waals surface area contributed by atoms with Crippen molar-refractivity contribution in [2.45, 2.75) is 13.8 Å². The molecule has 1 aliphatic rings. The molecule has 1 heterocycles. The Kier molecular flexibility index (Phi) is 5.70. The maximum Gasteiger partial charge on any atom is 0.244 e. The Bertz CT molecular complexity index is 621.